The second kappa shape index (κ2) is 7.67. The first-order chi connectivity index (χ1) is 12.8. The molecule has 27 heavy (non-hydrogen) atoms. The van der Waals surface area contributed by atoms with Gasteiger partial charge in [0.05, 0.1) is 0 Å². The summed E-state index contributed by atoms with van der Waals surface area (Å²) in [5.41, 5.74) is -1.47. The Balaban J connectivity index is 1.69. The highest BCUT2D eigenvalue weighted by Gasteiger charge is 2.22. The van der Waals surface area contributed by atoms with Crippen LogP contribution in [0.4, 0.5) is 23.2 Å². The topological polar surface area (TPSA) is 56.2 Å². The van der Waals surface area contributed by atoms with Crippen LogP contribution in [0.3, 0.4) is 0 Å². The zero-order chi connectivity index (χ0) is 19.6. The molecule has 5 nitrogen and oxygen atoms in total. The SMILES string of the molecule is O=C(Nc1c(F)c(F)cc(F)c1F)c1ccn(COc2ccc(Cl)cc2)n1. The Labute approximate surface area is 155 Å². The lowest BCUT2D eigenvalue weighted by Gasteiger charge is -2.08. The number of ether oxygens (including phenoxy) is 1. The first-order valence-electron chi connectivity index (χ1n) is 7.41. The number of hydrogen-bond donors (Lipinski definition) is 1. The summed E-state index contributed by atoms with van der Waals surface area (Å²) in [6.07, 6.45) is 1.38. The van der Waals surface area contributed by atoms with Crippen molar-refractivity contribution in [1.82, 2.24) is 9.78 Å². The van der Waals surface area contributed by atoms with Gasteiger partial charge in [-0.3, -0.25) is 4.79 Å². The van der Waals surface area contributed by atoms with E-state index in [1.807, 2.05) is 0 Å². The largest absolute Gasteiger partial charge is 0.471 e. The first-order valence-corrected chi connectivity index (χ1v) is 7.79. The number of aromatic nitrogens is 2. The maximum absolute atomic E-state index is 13.6. The van der Waals surface area contributed by atoms with E-state index in [2.05, 4.69) is 5.10 Å². The molecule has 1 amide bonds. The van der Waals surface area contributed by atoms with Crippen molar-refractivity contribution in [3.63, 3.8) is 0 Å². The average molecular weight is 400 g/mol. The third-order valence-corrected chi connectivity index (χ3v) is 3.65. The number of nitrogens with one attached hydrogen (secondary N) is 1. The molecule has 0 bridgehead atoms. The van der Waals surface area contributed by atoms with Gasteiger partial charge in [-0.05, 0) is 30.3 Å². The first kappa shape index (κ1) is 18.7. The number of anilines is 1. The molecule has 1 heterocycles. The van der Waals surface area contributed by atoms with Gasteiger partial charge in [-0.15, -0.1) is 0 Å². The van der Waals surface area contributed by atoms with Crippen LogP contribution < -0.4 is 10.1 Å². The smallest absolute Gasteiger partial charge is 0.276 e. The second-order valence-electron chi connectivity index (χ2n) is 5.27. The van der Waals surface area contributed by atoms with Crippen molar-refractivity contribution in [3.8, 4) is 5.75 Å². The molecule has 0 saturated carbocycles. The normalized spacial score (nSPS) is 10.7. The number of carbonyl (C=O) groups is 1. The Bertz CT molecular complexity index is 966. The molecular weight excluding hydrogens is 390 g/mol. The Hall–Kier alpha value is -3.07. The summed E-state index contributed by atoms with van der Waals surface area (Å²) in [6, 6.07) is 7.79. The fourth-order valence-electron chi connectivity index (χ4n) is 2.09. The van der Waals surface area contributed by atoms with Crippen LogP contribution in [-0.4, -0.2) is 15.7 Å². The van der Waals surface area contributed by atoms with E-state index in [0.717, 1.165) is 0 Å². The molecule has 0 spiro atoms. The van der Waals surface area contributed by atoms with E-state index in [-0.39, 0.29) is 18.5 Å². The van der Waals surface area contributed by atoms with Gasteiger partial charge in [0.1, 0.15) is 11.4 Å². The summed E-state index contributed by atoms with van der Waals surface area (Å²) in [5, 5.41) is 6.17. The van der Waals surface area contributed by atoms with Gasteiger partial charge in [0, 0.05) is 17.3 Å². The summed E-state index contributed by atoms with van der Waals surface area (Å²) >= 11 is 5.76. The molecule has 140 valence electrons. The number of amides is 1. The molecule has 3 aromatic rings. The van der Waals surface area contributed by atoms with Crippen LogP contribution in [0.5, 0.6) is 5.75 Å². The maximum Gasteiger partial charge on any atom is 0.276 e. The van der Waals surface area contributed by atoms with Crippen LogP contribution in [-0.2, 0) is 6.73 Å². The zero-order valence-corrected chi connectivity index (χ0v) is 14.1. The van der Waals surface area contributed by atoms with E-state index in [1.165, 1.54) is 16.9 Å². The lowest BCUT2D eigenvalue weighted by atomic mass is 10.2. The summed E-state index contributed by atoms with van der Waals surface area (Å²) < 4.78 is 60.2. The minimum Gasteiger partial charge on any atom is -0.471 e. The van der Waals surface area contributed by atoms with E-state index in [4.69, 9.17) is 16.3 Å². The van der Waals surface area contributed by atoms with Crippen molar-refractivity contribution in [2.75, 3.05) is 5.32 Å². The highest BCUT2D eigenvalue weighted by atomic mass is 35.5. The molecule has 1 aromatic heterocycles. The Kier molecular flexibility index (Phi) is 5.31. The van der Waals surface area contributed by atoms with Crippen LogP contribution in [0.25, 0.3) is 0 Å². The van der Waals surface area contributed by atoms with Crippen molar-refractivity contribution in [2.24, 2.45) is 0 Å². The van der Waals surface area contributed by atoms with E-state index >= 15 is 0 Å². The highest BCUT2D eigenvalue weighted by Crippen LogP contribution is 2.24. The predicted octanol–water partition coefficient (Wildman–Crippen LogP) is 4.38. The standard InChI is InChI=1S/C17H10ClF4N3O2/c18-9-1-3-10(4-2-9)27-8-25-6-5-13(24-25)17(26)23-16-14(21)11(19)7-12(20)15(16)22/h1-7H,8H2,(H,23,26). The number of rotatable bonds is 5. The Morgan fingerprint density at radius 2 is 1.70 bits per heavy atom. The van der Waals surface area contributed by atoms with E-state index in [9.17, 15) is 22.4 Å². The van der Waals surface area contributed by atoms with Gasteiger partial charge in [-0.1, -0.05) is 11.6 Å². The number of nitrogens with zero attached hydrogens (tertiary/aromatic N) is 2. The number of carbonyl (C=O) groups excluding carboxylic acids is 1. The van der Waals surface area contributed by atoms with E-state index in [1.54, 1.807) is 29.6 Å². The van der Waals surface area contributed by atoms with Gasteiger partial charge in [0.15, 0.2) is 35.7 Å². The molecule has 1 N–H and O–H groups in total. The minimum absolute atomic E-state index is 0.0448. The molecule has 0 fully saturated rings. The zero-order valence-electron chi connectivity index (χ0n) is 13.3. The van der Waals surface area contributed by atoms with Crippen molar-refractivity contribution >= 4 is 23.2 Å². The van der Waals surface area contributed by atoms with E-state index in [0.29, 0.717) is 10.8 Å². The Morgan fingerprint density at radius 1 is 1.07 bits per heavy atom. The summed E-state index contributed by atoms with van der Waals surface area (Å²) in [4.78, 5) is 12.0. The average Bonchev–Trinajstić information content (AvgIpc) is 3.12. The van der Waals surface area contributed by atoms with Gasteiger partial charge in [0.25, 0.3) is 5.91 Å². The molecule has 0 saturated heterocycles. The van der Waals surface area contributed by atoms with Crippen LogP contribution in [0.2, 0.25) is 5.02 Å². The summed E-state index contributed by atoms with van der Waals surface area (Å²) in [7, 11) is 0. The van der Waals surface area contributed by atoms with Crippen molar-refractivity contribution in [1.29, 1.82) is 0 Å². The number of hydrogen-bond acceptors (Lipinski definition) is 3. The lowest BCUT2D eigenvalue weighted by Crippen LogP contribution is -2.17. The van der Waals surface area contributed by atoms with Crippen LogP contribution in [0.15, 0.2) is 42.6 Å². The molecule has 0 unspecified atom stereocenters. The Morgan fingerprint density at radius 3 is 2.33 bits per heavy atom. The third-order valence-electron chi connectivity index (χ3n) is 3.40. The predicted molar refractivity (Wildman–Crippen MR) is 88.5 cm³/mol. The number of benzene rings is 2. The molecule has 2 aromatic carbocycles. The van der Waals surface area contributed by atoms with Crippen molar-refractivity contribution in [3.05, 3.63) is 76.6 Å². The maximum atomic E-state index is 13.6. The van der Waals surface area contributed by atoms with E-state index < -0.39 is 34.9 Å². The molecule has 0 aliphatic carbocycles. The van der Waals surface area contributed by atoms with Gasteiger partial charge < -0.3 is 10.1 Å². The second-order valence-corrected chi connectivity index (χ2v) is 5.70. The quantitative estimate of drug-likeness (QED) is 0.511. The monoisotopic (exact) mass is 399 g/mol. The van der Waals surface area contributed by atoms with Crippen molar-refractivity contribution in [2.45, 2.75) is 6.73 Å². The van der Waals surface area contributed by atoms with Crippen LogP contribution in [0, 0.1) is 23.3 Å². The molecule has 0 radical (unpaired) electrons. The van der Waals surface area contributed by atoms with Gasteiger partial charge in [0.2, 0.25) is 0 Å². The highest BCUT2D eigenvalue weighted by molar-refractivity contribution is 6.30. The van der Waals surface area contributed by atoms with Gasteiger partial charge >= 0.3 is 0 Å². The molecule has 0 aliphatic heterocycles. The molecule has 10 heteroatoms. The molecule has 0 aliphatic rings. The molecular formula is C17H10ClF4N3O2. The fourth-order valence-corrected chi connectivity index (χ4v) is 2.21. The lowest BCUT2D eigenvalue weighted by molar-refractivity contribution is 0.101. The van der Waals surface area contributed by atoms with Crippen molar-refractivity contribution < 1.29 is 27.1 Å². The minimum atomic E-state index is -1.72. The van der Waals surface area contributed by atoms with Gasteiger partial charge in [-0.2, -0.15) is 5.10 Å². The summed E-state index contributed by atoms with van der Waals surface area (Å²) in [6.45, 7) is -0.0633. The third kappa shape index (κ3) is 4.20. The van der Waals surface area contributed by atoms with Crippen LogP contribution >= 0.6 is 11.6 Å². The van der Waals surface area contributed by atoms with Crippen LogP contribution in [0.1, 0.15) is 10.5 Å². The molecule has 3 rings (SSSR count). The summed E-state index contributed by atoms with van der Waals surface area (Å²) in [5.74, 6) is -7.25. The van der Waals surface area contributed by atoms with Gasteiger partial charge in [-0.25, -0.2) is 22.2 Å². The fraction of sp³-hybridized carbons (Fsp3) is 0.0588. The number of halogens is 5. The molecule has 0 atom stereocenters.